The van der Waals surface area contributed by atoms with Gasteiger partial charge in [0.2, 0.25) is 41.4 Å². The molecule has 2 heterocycles. The molecule has 2 aromatic heterocycles. The highest BCUT2D eigenvalue weighted by molar-refractivity contribution is 7.92. The zero-order chi connectivity index (χ0) is 57.6. The summed E-state index contributed by atoms with van der Waals surface area (Å²) >= 11 is 0. The fourth-order valence-electron chi connectivity index (χ4n) is 7.97. The molecule has 0 aliphatic heterocycles. The Morgan fingerprint density at radius 3 is 0.716 bits per heavy atom. The summed E-state index contributed by atoms with van der Waals surface area (Å²) < 4.78 is 106. The molecule has 20 nitrogen and oxygen atoms in total. The van der Waals surface area contributed by atoms with Crippen molar-refractivity contribution < 1.29 is 54.4 Å². The molecule has 0 radical (unpaired) electrons. The maximum Gasteiger partial charge on any atom is 0.330 e. The lowest BCUT2D eigenvalue weighted by atomic mass is 10.3. The molecule has 6 aromatic carbocycles. The van der Waals surface area contributed by atoms with Crippen molar-refractivity contribution in [2.45, 2.75) is 108 Å². The zero-order valence-corrected chi connectivity index (χ0v) is 47.6. The van der Waals surface area contributed by atoms with Gasteiger partial charge in [-0.2, -0.15) is 19.9 Å². The van der Waals surface area contributed by atoms with E-state index in [0.29, 0.717) is 38.1 Å². The Labute approximate surface area is 471 Å². The van der Waals surface area contributed by atoms with E-state index in [1.54, 1.807) is 0 Å². The Hall–Kier alpha value is -8.41. The Morgan fingerprint density at radius 2 is 0.519 bits per heavy atom. The number of hydrogen-bond donors (Lipinski definition) is 2. The van der Waals surface area contributed by atoms with Crippen LogP contribution in [0.1, 0.15) is 79.1 Å². The van der Waals surface area contributed by atoms with Crippen molar-refractivity contribution in [1.29, 1.82) is 0 Å². The molecule has 0 spiro atoms. The first-order valence-corrected chi connectivity index (χ1v) is 30.9. The Morgan fingerprint density at radius 1 is 0.321 bits per heavy atom. The molecular formula is C58H62N8O12S3. The van der Waals surface area contributed by atoms with Gasteiger partial charge in [-0.05, 0) is 171 Å². The molecule has 0 unspecified atom stereocenters. The van der Waals surface area contributed by atoms with Crippen LogP contribution in [0.4, 0.5) is 11.9 Å². The van der Waals surface area contributed by atoms with Gasteiger partial charge in [-0.3, -0.25) is 0 Å². The van der Waals surface area contributed by atoms with E-state index in [4.69, 9.17) is 18.9 Å². The normalized spacial score (nSPS) is 11.7. The third kappa shape index (κ3) is 15.1. The van der Waals surface area contributed by atoms with Crippen molar-refractivity contribution in [3.05, 3.63) is 146 Å². The summed E-state index contributed by atoms with van der Waals surface area (Å²) in [5.74, 6) is 1.40. The number of aromatic hydroxyl groups is 2. The van der Waals surface area contributed by atoms with E-state index < -0.39 is 29.5 Å². The molecule has 424 valence electrons. The number of nitrogens with zero attached hydrogens (tertiary/aromatic N) is 8. The van der Waals surface area contributed by atoms with Crippen molar-refractivity contribution >= 4 is 41.4 Å². The van der Waals surface area contributed by atoms with E-state index in [0.717, 1.165) is 51.4 Å². The third-order valence-electron chi connectivity index (χ3n) is 12.5. The Kier molecular flexibility index (Phi) is 19.4. The third-order valence-corrected chi connectivity index (χ3v) is 17.9. The lowest BCUT2D eigenvalue weighted by molar-refractivity contribution is 0.395. The maximum absolute atomic E-state index is 14.0. The van der Waals surface area contributed by atoms with Crippen LogP contribution in [0.2, 0.25) is 0 Å². The van der Waals surface area contributed by atoms with Crippen LogP contribution in [0.25, 0.3) is 0 Å². The second-order valence-corrected chi connectivity index (χ2v) is 24.4. The summed E-state index contributed by atoms with van der Waals surface area (Å²) in [6.07, 6.45) is 7.13. The average Bonchev–Trinajstić information content (AvgIpc) is 3.50. The van der Waals surface area contributed by atoms with Crippen LogP contribution >= 0.6 is 0 Å². The molecule has 2 N–H and O–H groups in total. The first-order chi connectivity index (χ1) is 39.0. The number of rotatable bonds is 28. The van der Waals surface area contributed by atoms with Crippen LogP contribution in [0.15, 0.2) is 175 Å². The van der Waals surface area contributed by atoms with Crippen LogP contribution in [-0.2, 0) is 29.5 Å². The van der Waals surface area contributed by atoms with E-state index >= 15 is 0 Å². The van der Waals surface area contributed by atoms with Gasteiger partial charge in [0, 0.05) is 26.2 Å². The predicted octanol–water partition coefficient (Wildman–Crippen LogP) is 11.9. The molecule has 0 saturated carbocycles. The summed E-state index contributed by atoms with van der Waals surface area (Å²) in [5.41, 5.74) is 0. The number of unbranched alkanes of at least 4 members (excludes halogenated alkanes) is 4. The molecule has 0 fully saturated rings. The smallest absolute Gasteiger partial charge is 0.330 e. The van der Waals surface area contributed by atoms with E-state index in [-0.39, 0.29) is 87.9 Å². The molecule has 0 atom stereocenters. The van der Waals surface area contributed by atoms with Gasteiger partial charge in [0.1, 0.15) is 34.5 Å². The Balaban J connectivity index is 0.996. The van der Waals surface area contributed by atoms with E-state index in [2.05, 4.69) is 57.6 Å². The zero-order valence-electron chi connectivity index (χ0n) is 45.1. The standard InChI is InChI=1S/C58H62N8O12S3/c1-5-9-37-65(38-10-6-2)53-59-55(75-43-17-29-49(30-18-43)79(69,70)47-25-13-41(67)14-26-47)63-57(61-53)77-45-21-33-51(34-22-45)81(73,74)52-35-23-46(24-36-52)78-58-62-54(66(39-11-7-3)40-12-8-4)60-56(64-58)76-44-19-31-50(32-20-44)80(71,72)48-27-15-42(68)16-28-48/h13-36,67-68H,5-12,37-40H2,1-4H3. The SMILES string of the molecule is CCCCN(CCCC)c1nc(Oc2ccc(S(=O)(=O)c3ccc(O)cc3)cc2)nc(Oc2ccc(S(=O)(=O)c3ccc(Oc4nc(Oc5ccc(S(=O)(=O)c6ccc(O)cc6)cc5)nc(N(CCCC)CCCC)n4)cc3)cc2)n1. The average molecular weight is 1160 g/mol. The first-order valence-electron chi connectivity index (χ1n) is 26.5. The number of aromatic nitrogens is 6. The maximum atomic E-state index is 14.0. The fraction of sp³-hybridized carbons (Fsp3) is 0.276. The minimum absolute atomic E-state index is 0.0101. The van der Waals surface area contributed by atoms with Gasteiger partial charge < -0.3 is 39.0 Å². The van der Waals surface area contributed by atoms with Gasteiger partial charge in [-0.15, -0.1) is 9.97 Å². The topological polar surface area (TPSA) is 264 Å². The molecule has 81 heavy (non-hydrogen) atoms. The molecule has 8 rings (SSSR count). The van der Waals surface area contributed by atoms with E-state index in [9.17, 15) is 35.5 Å². The molecular weight excluding hydrogens is 1100 g/mol. The lowest BCUT2D eigenvalue weighted by Gasteiger charge is -2.22. The Bertz CT molecular complexity index is 3460. The number of anilines is 2. The lowest BCUT2D eigenvalue weighted by Crippen LogP contribution is -2.28. The number of phenols is 2. The summed E-state index contributed by atoms with van der Waals surface area (Å²) in [6.45, 7) is 10.9. The van der Waals surface area contributed by atoms with Gasteiger partial charge in [0.25, 0.3) is 0 Å². The van der Waals surface area contributed by atoms with Crippen molar-refractivity contribution in [3.8, 4) is 58.5 Å². The first kappa shape index (κ1) is 58.7. The number of benzene rings is 6. The second kappa shape index (κ2) is 26.7. The molecule has 0 bridgehead atoms. The summed E-state index contributed by atoms with van der Waals surface area (Å²) in [7, 11) is -11.9. The number of hydrogen-bond acceptors (Lipinski definition) is 20. The summed E-state index contributed by atoms with van der Waals surface area (Å²) in [6, 6.07) is 33.0. The molecule has 0 aliphatic rings. The number of ether oxygens (including phenoxy) is 4. The molecule has 0 saturated heterocycles. The molecule has 23 heteroatoms. The predicted molar refractivity (Wildman–Crippen MR) is 302 cm³/mol. The van der Waals surface area contributed by atoms with Crippen LogP contribution in [0.3, 0.4) is 0 Å². The van der Waals surface area contributed by atoms with Gasteiger partial charge in [0.15, 0.2) is 0 Å². The van der Waals surface area contributed by atoms with Crippen molar-refractivity contribution in [2.75, 3.05) is 36.0 Å². The van der Waals surface area contributed by atoms with E-state index in [1.165, 1.54) is 146 Å². The quantitative estimate of drug-likeness (QED) is 0.0461. The number of phenolic OH excluding ortho intramolecular Hbond substituents is 2. The van der Waals surface area contributed by atoms with Gasteiger partial charge in [-0.1, -0.05) is 53.4 Å². The van der Waals surface area contributed by atoms with Crippen molar-refractivity contribution in [1.82, 2.24) is 29.9 Å². The van der Waals surface area contributed by atoms with Crippen LogP contribution in [0.5, 0.6) is 58.5 Å². The largest absolute Gasteiger partial charge is 0.508 e. The minimum atomic E-state index is -4.07. The molecule has 0 amide bonds. The van der Waals surface area contributed by atoms with Gasteiger partial charge in [0.05, 0.1) is 29.4 Å². The molecule has 8 aromatic rings. The fourth-order valence-corrected chi connectivity index (χ4v) is 11.8. The van der Waals surface area contributed by atoms with Crippen LogP contribution in [0, 0.1) is 0 Å². The molecule has 0 aliphatic carbocycles. The summed E-state index contributed by atoms with van der Waals surface area (Å²) in [5, 5.41) is 19.3. The van der Waals surface area contributed by atoms with Crippen LogP contribution < -0.4 is 28.7 Å². The monoisotopic (exact) mass is 1160 g/mol. The van der Waals surface area contributed by atoms with Crippen molar-refractivity contribution in [3.63, 3.8) is 0 Å². The highest BCUT2D eigenvalue weighted by Gasteiger charge is 2.24. The summed E-state index contributed by atoms with van der Waals surface area (Å²) in [4.78, 5) is 31.3. The highest BCUT2D eigenvalue weighted by atomic mass is 32.2. The van der Waals surface area contributed by atoms with Crippen molar-refractivity contribution in [2.24, 2.45) is 0 Å². The van der Waals surface area contributed by atoms with Gasteiger partial charge in [-0.25, -0.2) is 25.3 Å². The van der Waals surface area contributed by atoms with Gasteiger partial charge >= 0.3 is 24.0 Å². The van der Waals surface area contributed by atoms with E-state index in [1.807, 2.05) is 9.80 Å². The number of sulfone groups is 3. The highest BCUT2D eigenvalue weighted by Crippen LogP contribution is 2.33. The second-order valence-electron chi connectivity index (χ2n) is 18.6. The minimum Gasteiger partial charge on any atom is -0.508 e. The van der Waals surface area contributed by atoms with Crippen LogP contribution in [-0.4, -0.2) is 91.5 Å².